The van der Waals surface area contributed by atoms with Gasteiger partial charge in [-0.2, -0.15) is 5.10 Å². The van der Waals surface area contributed by atoms with E-state index in [-0.39, 0.29) is 11.4 Å². The predicted octanol–water partition coefficient (Wildman–Crippen LogP) is 1.83. The van der Waals surface area contributed by atoms with Crippen LogP contribution in [0.25, 0.3) is 5.95 Å². The summed E-state index contributed by atoms with van der Waals surface area (Å²) in [4.78, 5) is 21.6. The molecule has 2 aromatic rings. The van der Waals surface area contributed by atoms with E-state index >= 15 is 0 Å². The maximum absolute atomic E-state index is 12.7. The normalized spacial score (nSPS) is 16.0. The van der Waals surface area contributed by atoms with E-state index in [0.29, 0.717) is 18.9 Å². The zero-order valence-corrected chi connectivity index (χ0v) is 16.1. The molecule has 1 saturated carbocycles. The summed E-state index contributed by atoms with van der Waals surface area (Å²) < 4.78 is 1.73. The maximum Gasteiger partial charge on any atom is 0.251 e. The Morgan fingerprint density at radius 2 is 1.81 bits per heavy atom. The van der Waals surface area contributed by atoms with Crippen LogP contribution in [0.1, 0.15) is 54.0 Å². The molecule has 0 unspecified atom stereocenters. The Hall–Kier alpha value is -2.28. The van der Waals surface area contributed by atoms with Gasteiger partial charge in [-0.3, -0.25) is 4.79 Å². The van der Waals surface area contributed by atoms with E-state index in [9.17, 15) is 4.79 Å². The van der Waals surface area contributed by atoms with Crippen LogP contribution >= 0.6 is 0 Å². The summed E-state index contributed by atoms with van der Waals surface area (Å²) in [6, 6.07) is 1.93. The van der Waals surface area contributed by atoms with Crippen LogP contribution in [0.3, 0.4) is 0 Å². The van der Waals surface area contributed by atoms with Crippen molar-refractivity contribution in [2.75, 3.05) is 6.54 Å². The number of carbonyl (C=O) groups excluding carboxylic acids is 1. The fourth-order valence-electron chi connectivity index (χ4n) is 3.86. The van der Waals surface area contributed by atoms with Crippen LogP contribution in [-0.2, 0) is 11.2 Å². The number of aryl methyl sites for hydroxylation is 3. The van der Waals surface area contributed by atoms with E-state index in [1.54, 1.807) is 4.68 Å². The molecule has 1 fully saturated rings. The summed E-state index contributed by atoms with van der Waals surface area (Å²) in [6.07, 6.45) is 4.46. The lowest BCUT2D eigenvalue weighted by molar-refractivity contribution is -0.122. The number of rotatable bonds is 5. The smallest absolute Gasteiger partial charge is 0.251 e. The topological polar surface area (TPSA) is 98.7 Å². The number of nitrogens with zero attached hydrogens (tertiary/aromatic N) is 4. The van der Waals surface area contributed by atoms with Crippen molar-refractivity contribution in [3.8, 4) is 5.95 Å². The Kier molecular flexibility index (Phi) is 5.09. The van der Waals surface area contributed by atoms with Crippen molar-refractivity contribution in [1.29, 1.82) is 0 Å². The molecule has 140 valence electrons. The van der Waals surface area contributed by atoms with Crippen LogP contribution in [0.4, 0.5) is 0 Å². The molecular weight excluding hydrogens is 328 g/mol. The molecule has 0 spiro atoms. The second-order valence-corrected chi connectivity index (χ2v) is 7.43. The minimum atomic E-state index is -0.231. The Morgan fingerprint density at radius 1 is 1.19 bits per heavy atom. The zero-order chi connectivity index (χ0) is 18.9. The average molecular weight is 356 g/mol. The number of nitrogens with two attached hydrogens (primary N) is 1. The van der Waals surface area contributed by atoms with Crippen molar-refractivity contribution in [3.05, 3.63) is 34.4 Å². The summed E-state index contributed by atoms with van der Waals surface area (Å²) in [5, 5.41) is 7.75. The first-order chi connectivity index (χ1) is 12.3. The quantitative estimate of drug-likeness (QED) is 0.851. The molecule has 3 N–H and O–H groups in total. The predicted molar refractivity (Wildman–Crippen MR) is 100 cm³/mol. The van der Waals surface area contributed by atoms with E-state index < -0.39 is 0 Å². The van der Waals surface area contributed by atoms with Gasteiger partial charge in [-0.15, -0.1) is 0 Å². The monoisotopic (exact) mass is 356 g/mol. The van der Waals surface area contributed by atoms with Crippen molar-refractivity contribution in [2.45, 2.75) is 65.3 Å². The number of nitrogens with one attached hydrogen (secondary N) is 1. The number of aromatic nitrogens is 4. The average Bonchev–Trinajstić information content (AvgIpc) is 3.14. The Morgan fingerprint density at radius 3 is 2.38 bits per heavy atom. The Bertz CT molecular complexity index is 799. The third-order valence-corrected chi connectivity index (χ3v) is 5.29. The molecule has 1 aliphatic rings. The molecule has 0 saturated heterocycles. The second-order valence-electron chi connectivity index (χ2n) is 7.43. The van der Waals surface area contributed by atoms with Crippen LogP contribution < -0.4 is 11.1 Å². The molecule has 2 heterocycles. The van der Waals surface area contributed by atoms with Crippen LogP contribution in [0, 0.1) is 27.7 Å². The van der Waals surface area contributed by atoms with Gasteiger partial charge < -0.3 is 11.1 Å². The number of hydrogen-bond acceptors (Lipinski definition) is 5. The first kappa shape index (κ1) is 18.5. The number of carbonyl (C=O) groups is 1. The molecule has 2 aromatic heterocycles. The van der Waals surface area contributed by atoms with E-state index in [4.69, 9.17) is 5.73 Å². The highest BCUT2D eigenvalue weighted by Gasteiger charge is 2.34. The molecule has 7 heteroatoms. The third-order valence-electron chi connectivity index (χ3n) is 5.29. The van der Waals surface area contributed by atoms with Crippen LogP contribution in [0.5, 0.6) is 0 Å². The highest BCUT2D eigenvalue weighted by molar-refractivity contribution is 5.80. The highest BCUT2D eigenvalue weighted by Crippen LogP contribution is 2.29. The van der Waals surface area contributed by atoms with E-state index in [1.807, 2.05) is 33.8 Å². The maximum atomic E-state index is 12.7. The molecular formula is C19H28N6O. The summed E-state index contributed by atoms with van der Waals surface area (Å²) in [5.74, 6) is 0.549. The SMILES string of the molecule is Cc1cc(C)nc(-n2nc(C)c(CC(=O)NC3(CN)CCCC3)c2C)n1. The molecule has 3 rings (SSSR count). The molecule has 1 amide bonds. The van der Waals surface area contributed by atoms with Crippen LogP contribution in [-0.4, -0.2) is 37.7 Å². The Balaban J connectivity index is 1.83. The lowest BCUT2D eigenvalue weighted by Gasteiger charge is -2.28. The van der Waals surface area contributed by atoms with Gasteiger partial charge >= 0.3 is 0 Å². The fourth-order valence-corrected chi connectivity index (χ4v) is 3.86. The first-order valence-corrected chi connectivity index (χ1v) is 9.22. The van der Waals surface area contributed by atoms with Crippen molar-refractivity contribution >= 4 is 5.91 Å². The van der Waals surface area contributed by atoms with Gasteiger partial charge in [-0.25, -0.2) is 14.6 Å². The van der Waals surface area contributed by atoms with Gasteiger partial charge in [0.2, 0.25) is 5.91 Å². The van der Waals surface area contributed by atoms with Crippen LogP contribution in [0.15, 0.2) is 6.07 Å². The van der Waals surface area contributed by atoms with Gasteiger partial charge in [0.15, 0.2) is 0 Å². The van der Waals surface area contributed by atoms with E-state index in [0.717, 1.165) is 54.0 Å². The Labute approximate surface area is 154 Å². The van der Waals surface area contributed by atoms with Crippen molar-refractivity contribution in [2.24, 2.45) is 5.73 Å². The molecule has 0 bridgehead atoms. The summed E-state index contributed by atoms with van der Waals surface area (Å²) in [7, 11) is 0. The highest BCUT2D eigenvalue weighted by atomic mass is 16.1. The molecule has 1 aliphatic carbocycles. The molecule has 0 atom stereocenters. The van der Waals surface area contributed by atoms with E-state index in [1.165, 1.54) is 0 Å². The lowest BCUT2D eigenvalue weighted by atomic mass is 9.97. The standard InChI is InChI=1S/C19H28N6O/c1-12-9-13(2)22-18(21-12)25-15(4)16(14(3)24-25)10-17(26)23-19(11-20)7-5-6-8-19/h9H,5-8,10-11,20H2,1-4H3,(H,23,26). The van der Waals surface area contributed by atoms with Crippen molar-refractivity contribution in [3.63, 3.8) is 0 Å². The van der Waals surface area contributed by atoms with E-state index in [2.05, 4.69) is 20.4 Å². The summed E-state index contributed by atoms with van der Waals surface area (Å²) in [6.45, 7) is 8.24. The van der Waals surface area contributed by atoms with Gasteiger partial charge in [0, 0.05) is 29.2 Å². The molecule has 0 aliphatic heterocycles. The fraction of sp³-hybridized carbons (Fsp3) is 0.579. The lowest BCUT2D eigenvalue weighted by Crippen LogP contribution is -2.52. The summed E-state index contributed by atoms with van der Waals surface area (Å²) >= 11 is 0. The largest absolute Gasteiger partial charge is 0.349 e. The van der Waals surface area contributed by atoms with Gasteiger partial charge in [-0.1, -0.05) is 12.8 Å². The van der Waals surface area contributed by atoms with Crippen LogP contribution in [0.2, 0.25) is 0 Å². The van der Waals surface area contributed by atoms with Gasteiger partial charge in [0.1, 0.15) is 0 Å². The second kappa shape index (κ2) is 7.15. The minimum absolute atomic E-state index is 0.00411. The van der Waals surface area contributed by atoms with Crippen molar-refractivity contribution < 1.29 is 4.79 Å². The third kappa shape index (κ3) is 3.62. The molecule has 0 radical (unpaired) electrons. The summed E-state index contributed by atoms with van der Waals surface area (Å²) in [5.41, 5.74) is 10.1. The van der Waals surface area contributed by atoms with Gasteiger partial charge in [0.25, 0.3) is 5.95 Å². The van der Waals surface area contributed by atoms with Gasteiger partial charge in [0.05, 0.1) is 17.7 Å². The zero-order valence-electron chi connectivity index (χ0n) is 16.1. The van der Waals surface area contributed by atoms with Gasteiger partial charge in [-0.05, 0) is 46.6 Å². The number of amides is 1. The number of hydrogen-bond donors (Lipinski definition) is 2. The first-order valence-electron chi connectivity index (χ1n) is 9.22. The minimum Gasteiger partial charge on any atom is -0.349 e. The molecule has 0 aromatic carbocycles. The molecule has 7 nitrogen and oxygen atoms in total. The van der Waals surface area contributed by atoms with Crippen molar-refractivity contribution in [1.82, 2.24) is 25.1 Å². The molecule has 26 heavy (non-hydrogen) atoms.